The summed E-state index contributed by atoms with van der Waals surface area (Å²) in [7, 11) is -1.12. The number of hydrogen-bond donors (Lipinski definition) is 0. The van der Waals surface area contributed by atoms with Crippen molar-refractivity contribution in [3.63, 3.8) is 0 Å². The summed E-state index contributed by atoms with van der Waals surface area (Å²) in [6, 6.07) is 3.33. The number of aromatic nitrogens is 2. The van der Waals surface area contributed by atoms with E-state index in [0.717, 1.165) is 12.1 Å². The lowest BCUT2D eigenvalue weighted by molar-refractivity contribution is -0.139. The maximum atomic E-state index is 13.7. The van der Waals surface area contributed by atoms with Crippen LogP contribution in [-0.2, 0) is 32.0 Å². The quantitative estimate of drug-likeness (QED) is 0.669. The van der Waals surface area contributed by atoms with Crippen LogP contribution in [0.1, 0.15) is 24.8 Å². The molecular formula is C19H23F3N2O4S. The third-order valence-electron chi connectivity index (χ3n) is 5.19. The predicted molar refractivity (Wildman–Crippen MR) is 100 cm³/mol. The van der Waals surface area contributed by atoms with E-state index in [0.29, 0.717) is 25.1 Å². The van der Waals surface area contributed by atoms with Gasteiger partial charge in [-0.1, -0.05) is 6.07 Å². The van der Waals surface area contributed by atoms with Crippen LogP contribution in [0.3, 0.4) is 0 Å². The molecule has 1 saturated carbocycles. The van der Waals surface area contributed by atoms with Crippen molar-refractivity contribution in [1.82, 2.24) is 9.78 Å². The first-order valence-electron chi connectivity index (χ1n) is 9.16. The second-order valence-electron chi connectivity index (χ2n) is 7.03. The number of methoxy groups -OCH3 is 2. The van der Waals surface area contributed by atoms with Crippen LogP contribution in [-0.4, -0.2) is 50.4 Å². The number of ether oxygens (including phenoxy) is 2. The third-order valence-corrected chi connectivity index (χ3v) is 7.47. The van der Waals surface area contributed by atoms with Crippen molar-refractivity contribution < 1.29 is 31.1 Å². The summed E-state index contributed by atoms with van der Waals surface area (Å²) >= 11 is 0. The summed E-state index contributed by atoms with van der Waals surface area (Å²) in [5, 5.41) is 3.22. The molecule has 0 radical (unpaired) electrons. The summed E-state index contributed by atoms with van der Waals surface area (Å²) in [5.74, 6) is 0. The minimum Gasteiger partial charge on any atom is -0.383 e. The van der Waals surface area contributed by atoms with E-state index in [4.69, 9.17) is 9.47 Å². The van der Waals surface area contributed by atoms with Crippen molar-refractivity contribution in [3.8, 4) is 11.1 Å². The molecule has 1 heterocycles. The molecule has 160 valence electrons. The maximum absolute atomic E-state index is 13.7. The Morgan fingerprint density at radius 3 is 2.59 bits per heavy atom. The lowest BCUT2D eigenvalue weighted by Gasteiger charge is -2.18. The first kappa shape index (κ1) is 21.8. The molecule has 10 heteroatoms. The average Bonchev–Trinajstić information content (AvgIpc) is 3.35. The molecule has 0 bridgehead atoms. The molecule has 1 aromatic carbocycles. The fraction of sp³-hybridized carbons (Fsp3) is 0.526. The van der Waals surface area contributed by atoms with Crippen LogP contribution in [0, 0.1) is 0 Å². The van der Waals surface area contributed by atoms with Gasteiger partial charge in [0.2, 0.25) is 0 Å². The number of benzene rings is 1. The van der Waals surface area contributed by atoms with Gasteiger partial charge in [0.25, 0.3) is 0 Å². The monoisotopic (exact) mass is 432 g/mol. The van der Waals surface area contributed by atoms with Crippen LogP contribution in [0.5, 0.6) is 0 Å². The minimum atomic E-state index is -4.80. The van der Waals surface area contributed by atoms with Gasteiger partial charge in [0.15, 0.2) is 9.84 Å². The van der Waals surface area contributed by atoms with Crippen LogP contribution >= 0.6 is 0 Å². The Labute approximate surface area is 167 Å². The fourth-order valence-corrected chi connectivity index (χ4v) is 5.59. The number of hydrogen-bond acceptors (Lipinski definition) is 5. The predicted octanol–water partition coefficient (Wildman–Crippen LogP) is 3.56. The Kier molecular flexibility index (Phi) is 6.35. The lowest BCUT2D eigenvalue weighted by atomic mass is 10.1. The SMILES string of the molecule is COCCn1cc(-c2ccc(S(=O)(=O)[C@@H]3CC[C@@H](OC)C3)c(C(F)(F)F)c2)cn1. The number of sulfone groups is 1. The van der Waals surface area contributed by atoms with Crippen molar-refractivity contribution >= 4 is 9.84 Å². The molecule has 2 aromatic rings. The Morgan fingerprint density at radius 2 is 1.97 bits per heavy atom. The smallest absolute Gasteiger partial charge is 0.383 e. The summed E-state index contributed by atoms with van der Waals surface area (Å²) in [5.41, 5.74) is -0.433. The molecule has 2 atom stereocenters. The highest BCUT2D eigenvalue weighted by Gasteiger charge is 2.42. The van der Waals surface area contributed by atoms with E-state index in [1.807, 2.05) is 0 Å². The summed E-state index contributed by atoms with van der Waals surface area (Å²) in [4.78, 5) is -0.678. The molecule has 0 amide bonds. The van der Waals surface area contributed by atoms with E-state index >= 15 is 0 Å². The van der Waals surface area contributed by atoms with Gasteiger partial charge in [0.05, 0.1) is 41.2 Å². The molecule has 0 saturated heterocycles. The van der Waals surface area contributed by atoms with E-state index in [9.17, 15) is 21.6 Å². The molecule has 1 fully saturated rings. The maximum Gasteiger partial charge on any atom is 0.417 e. The van der Waals surface area contributed by atoms with Crippen LogP contribution < -0.4 is 0 Å². The highest BCUT2D eigenvalue weighted by atomic mass is 32.2. The van der Waals surface area contributed by atoms with Crippen LogP contribution in [0.15, 0.2) is 35.5 Å². The standard InChI is InChI=1S/C19H23F3N2O4S/c1-27-8-7-24-12-14(11-23-24)13-3-6-18(17(9-13)19(20,21)22)29(25,26)16-5-4-15(10-16)28-2/h3,6,9,11-12,15-16H,4-5,7-8,10H2,1-2H3/t15-,16-/m1/s1. The molecule has 1 aromatic heterocycles. The Balaban J connectivity index is 1.98. The number of halogens is 3. The van der Waals surface area contributed by atoms with Crippen molar-refractivity contribution in [2.24, 2.45) is 0 Å². The molecule has 3 rings (SSSR count). The third kappa shape index (κ3) is 4.65. The van der Waals surface area contributed by atoms with Gasteiger partial charge in [-0.15, -0.1) is 0 Å². The minimum absolute atomic E-state index is 0.199. The highest BCUT2D eigenvalue weighted by Crippen LogP contribution is 2.40. The second-order valence-corrected chi connectivity index (χ2v) is 9.23. The van der Waals surface area contributed by atoms with Gasteiger partial charge in [-0.2, -0.15) is 18.3 Å². The summed E-state index contributed by atoms with van der Waals surface area (Å²) < 4.78 is 78.8. The molecule has 1 aliphatic carbocycles. The van der Waals surface area contributed by atoms with Crippen LogP contribution in [0.25, 0.3) is 11.1 Å². The molecule has 0 aliphatic heterocycles. The van der Waals surface area contributed by atoms with Crippen molar-refractivity contribution in [2.45, 2.75) is 48.2 Å². The van der Waals surface area contributed by atoms with Gasteiger partial charge in [0, 0.05) is 26.0 Å². The normalized spacial score (nSPS) is 20.3. The largest absolute Gasteiger partial charge is 0.417 e. The number of alkyl halides is 3. The zero-order chi connectivity index (χ0) is 21.2. The van der Waals surface area contributed by atoms with E-state index < -0.39 is 31.7 Å². The number of rotatable bonds is 7. The molecule has 0 spiro atoms. The van der Waals surface area contributed by atoms with Crippen molar-refractivity contribution in [2.75, 3.05) is 20.8 Å². The van der Waals surface area contributed by atoms with Gasteiger partial charge in [0.1, 0.15) is 0 Å². The van der Waals surface area contributed by atoms with Gasteiger partial charge in [-0.05, 0) is 37.0 Å². The molecular weight excluding hydrogens is 409 g/mol. The van der Waals surface area contributed by atoms with Gasteiger partial charge in [-0.3, -0.25) is 4.68 Å². The Morgan fingerprint density at radius 1 is 1.21 bits per heavy atom. The van der Waals surface area contributed by atoms with E-state index in [1.165, 1.54) is 19.4 Å². The van der Waals surface area contributed by atoms with E-state index in [1.54, 1.807) is 18.0 Å². The van der Waals surface area contributed by atoms with Gasteiger partial charge < -0.3 is 9.47 Å². The van der Waals surface area contributed by atoms with Crippen molar-refractivity contribution in [3.05, 3.63) is 36.2 Å². The van der Waals surface area contributed by atoms with Crippen LogP contribution in [0.4, 0.5) is 13.2 Å². The summed E-state index contributed by atoms with van der Waals surface area (Å²) in [6.45, 7) is 0.868. The molecule has 0 unspecified atom stereocenters. The fourth-order valence-electron chi connectivity index (χ4n) is 3.58. The number of nitrogens with zero attached hydrogens (tertiary/aromatic N) is 2. The molecule has 1 aliphatic rings. The second kappa shape index (κ2) is 8.45. The van der Waals surface area contributed by atoms with Gasteiger partial charge >= 0.3 is 6.18 Å². The lowest BCUT2D eigenvalue weighted by Crippen LogP contribution is -2.23. The van der Waals surface area contributed by atoms with Gasteiger partial charge in [-0.25, -0.2) is 8.42 Å². The first-order chi connectivity index (χ1) is 13.7. The Hall–Kier alpha value is -1.91. The molecule has 29 heavy (non-hydrogen) atoms. The Bertz CT molecular complexity index is 957. The van der Waals surface area contributed by atoms with Crippen LogP contribution in [0.2, 0.25) is 0 Å². The molecule has 0 N–H and O–H groups in total. The zero-order valence-corrected chi connectivity index (χ0v) is 17.0. The van der Waals surface area contributed by atoms with E-state index in [2.05, 4.69) is 5.10 Å². The van der Waals surface area contributed by atoms with E-state index in [-0.39, 0.29) is 24.5 Å². The average molecular weight is 432 g/mol. The summed E-state index contributed by atoms with van der Waals surface area (Å²) in [6.07, 6.45) is -1.01. The highest BCUT2D eigenvalue weighted by molar-refractivity contribution is 7.92. The molecule has 6 nitrogen and oxygen atoms in total. The van der Waals surface area contributed by atoms with Crippen molar-refractivity contribution in [1.29, 1.82) is 0 Å². The topological polar surface area (TPSA) is 70.4 Å². The zero-order valence-electron chi connectivity index (χ0n) is 16.1. The first-order valence-corrected chi connectivity index (χ1v) is 10.7.